The molecule has 3 N–H and O–H groups in total. The van der Waals surface area contributed by atoms with Gasteiger partial charge in [0.25, 0.3) is 5.56 Å². The summed E-state index contributed by atoms with van der Waals surface area (Å²) in [7, 11) is 1.64. The zero-order valence-electron chi connectivity index (χ0n) is 15.7. The Morgan fingerprint density at radius 1 is 1.29 bits per heavy atom. The molecule has 1 aliphatic rings. The van der Waals surface area contributed by atoms with E-state index in [4.69, 9.17) is 5.11 Å². The predicted molar refractivity (Wildman–Crippen MR) is 108 cm³/mol. The van der Waals surface area contributed by atoms with Crippen molar-refractivity contribution in [1.29, 1.82) is 0 Å². The fraction of sp³-hybridized carbons (Fsp3) is 0.350. The number of aliphatic hydroxyl groups excluding tert-OH is 2. The number of nitrogens with zero attached hydrogens (tertiary/aromatic N) is 4. The van der Waals surface area contributed by atoms with E-state index in [-0.39, 0.29) is 18.7 Å². The van der Waals surface area contributed by atoms with Crippen LogP contribution in [-0.4, -0.2) is 50.7 Å². The van der Waals surface area contributed by atoms with Gasteiger partial charge in [0.1, 0.15) is 17.4 Å². The smallest absolute Gasteiger partial charge is 0.264 e. The molecule has 1 saturated heterocycles. The van der Waals surface area contributed by atoms with Crippen molar-refractivity contribution in [3.05, 3.63) is 47.0 Å². The van der Waals surface area contributed by atoms with Crippen LogP contribution in [0.2, 0.25) is 0 Å². The first-order valence-corrected chi connectivity index (χ1v) is 9.35. The highest BCUT2D eigenvalue weighted by molar-refractivity contribution is 5.91. The number of aromatic nitrogens is 3. The zero-order chi connectivity index (χ0) is 19.7. The average molecular weight is 381 g/mol. The summed E-state index contributed by atoms with van der Waals surface area (Å²) in [5.74, 6) is 0.411. The quantitative estimate of drug-likeness (QED) is 0.612. The molecule has 2 aromatic heterocycles. The van der Waals surface area contributed by atoms with E-state index in [0.717, 1.165) is 30.6 Å². The van der Waals surface area contributed by atoms with Crippen molar-refractivity contribution >= 4 is 22.4 Å². The minimum atomic E-state index is -0.431. The number of nitrogens with one attached hydrogen (secondary N) is 1. The number of pyridine rings is 1. The number of hydrogen-bond acceptors (Lipinski definition) is 7. The molecule has 0 aliphatic carbocycles. The fourth-order valence-corrected chi connectivity index (χ4v) is 3.55. The molecule has 0 saturated carbocycles. The summed E-state index contributed by atoms with van der Waals surface area (Å²) in [4.78, 5) is 23.5. The van der Waals surface area contributed by atoms with Gasteiger partial charge >= 0.3 is 0 Å². The molecule has 4 rings (SSSR count). The Morgan fingerprint density at radius 3 is 2.75 bits per heavy atom. The largest absolute Gasteiger partial charge is 0.395 e. The van der Waals surface area contributed by atoms with Gasteiger partial charge in [-0.3, -0.25) is 4.79 Å². The molecule has 0 spiro atoms. The van der Waals surface area contributed by atoms with Crippen LogP contribution in [0, 0.1) is 0 Å². The van der Waals surface area contributed by atoms with E-state index < -0.39 is 6.23 Å². The highest BCUT2D eigenvalue weighted by atomic mass is 16.3. The number of anilines is 2. The summed E-state index contributed by atoms with van der Waals surface area (Å²) in [6, 6.07) is 9.62. The normalized spacial score (nSPS) is 16.7. The molecule has 1 fully saturated rings. The summed E-state index contributed by atoms with van der Waals surface area (Å²) in [5.41, 5.74) is 2.90. The summed E-state index contributed by atoms with van der Waals surface area (Å²) < 4.78 is 1.41. The molecule has 8 nitrogen and oxygen atoms in total. The van der Waals surface area contributed by atoms with Crippen LogP contribution in [0.3, 0.4) is 0 Å². The molecule has 1 aliphatic heterocycles. The summed E-state index contributed by atoms with van der Waals surface area (Å²) >= 11 is 0. The van der Waals surface area contributed by atoms with Gasteiger partial charge in [-0.05, 0) is 31.0 Å². The highest BCUT2D eigenvalue weighted by Gasteiger charge is 2.22. The maximum Gasteiger partial charge on any atom is 0.264 e. The zero-order valence-corrected chi connectivity index (χ0v) is 15.7. The van der Waals surface area contributed by atoms with Crippen LogP contribution < -0.4 is 15.8 Å². The maximum absolute atomic E-state index is 12.5. The van der Waals surface area contributed by atoms with Crippen molar-refractivity contribution in [3.8, 4) is 11.3 Å². The molecule has 1 aromatic carbocycles. The van der Waals surface area contributed by atoms with Crippen LogP contribution in [0.5, 0.6) is 0 Å². The molecule has 1 atom stereocenters. The molecular formula is C20H23N5O3. The second-order valence-corrected chi connectivity index (χ2v) is 6.92. The Kier molecular flexibility index (Phi) is 4.97. The van der Waals surface area contributed by atoms with E-state index in [1.807, 2.05) is 29.2 Å². The second kappa shape index (κ2) is 7.57. The molecular weight excluding hydrogens is 358 g/mol. The topological polar surface area (TPSA) is 104 Å². The molecule has 3 aromatic rings. The monoisotopic (exact) mass is 381 g/mol. The van der Waals surface area contributed by atoms with Gasteiger partial charge in [-0.25, -0.2) is 9.97 Å². The van der Waals surface area contributed by atoms with Gasteiger partial charge in [0, 0.05) is 31.4 Å². The van der Waals surface area contributed by atoms with Crippen LogP contribution in [0.15, 0.2) is 41.5 Å². The molecule has 8 heteroatoms. The van der Waals surface area contributed by atoms with Gasteiger partial charge in [-0.2, -0.15) is 0 Å². The molecule has 28 heavy (non-hydrogen) atoms. The van der Waals surface area contributed by atoms with E-state index >= 15 is 0 Å². The summed E-state index contributed by atoms with van der Waals surface area (Å²) in [5, 5.41) is 22.6. The third-order valence-corrected chi connectivity index (χ3v) is 5.02. The van der Waals surface area contributed by atoms with E-state index in [2.05, 4.69) is 15.3 Å². The van der Waals surface area contributed by atoms with E-state index in [0.29, 0.717) is 22.4 Å². The molecule has 0 radical (unpaired) electrons. The van der Waals surface area contributed by atoms with Gasteiger partial charge in [-0.15, -0.1) is 0 Å². The number of aliphatic hydroxyl groups is 2. The van der Waals surface area contributed by atoms with Gasteiger partial charge in [0.05, 0.1) is 24.1 Å². The molecule has 146 valence electrons. The van der Waals surface area contributed by atoms with Crippen molar-refractivity contribution in [2.24, 2.45) is 7.05 Å². The fourth-order valence-electron chi connectivity index (χ4n) is 3.55. The number of fused-ring (bicyclic) bond motifs is 1. The van der Waals surface area contributed by atoms with Gasteiger partial charge in [0.2, 0.25) is 0 Å². The van der Waals surface area contributed by atoms with E-state index in [1.54, 1.807) is 13.1 Å². The summed E-state index contributed by atoms with van der Waals surface area (Å²) in [6.45, 7) is 1.06. The number of aryl methyl sites for hydroxylation is 1. The lowest BCUT2D eigenvalue weighted by Crippen LogP contribution is -2.28. The Morgan fingerprint density at radius 2 is 2.07 bits per heavy atom. The Bertz CT molecular complexity index is 1050. The van der Waals surface area contributed by atoms with Gasteiger partial charge in [-0.1, -0.05) is 12.1 Å². The van der Waals surface area contributed by atoms with Crippen molar-refractivity contribution in [3.63, 3.8) is 0 Å². The van der Waals surface area contributed by atoms with Crippen molar-refractivity contribution in [1.82, 2.24) is 14.5 Å². The first-order chi connectivity index (χ1) is 13.6. The van der Waals surface area contributed by atoms with E-state index in [9.17, 15) is 9.90 Å². The number of rotatable bonds is 5. The average Bonchev–Trinajstić information content (AvgIpc) is 3.14. The van der Waals surface area contributed by atoms with Crippen LogP contribution in [0.25, 0.3) is 22.2 Å². The molecule has 0 bridgehead atoms. The number of hydrogen-bond donors (Lipinski definition) is 3. The third-order valence-electron chi connectivity index (χ3n) is 5.02. The van der Waals surface area contributed by atoms with Crippen LogP contribution in [0.1, 0.15) is 12.8 Å². The lowest BCUT2D eigenvalue weighted by atomic mass is 10.1. The Hall–Kier alpha value is -2.97. The lowest BCUT2D eigenvalue weighted by molar-refractivity contribution is 0.186. The van der Waals surface area contributed by atoms with Gasteiger partial charge in [0.15, 0.2) is 0 Å². The van der Waals surface area contributed by atoms with Crippen molar-refractivity contribution in [2.75, 3.05) is 29.9 Å². The molecule has 1 unspecified atom stereocenters. The minimum absolute atomic E-state index is 0.0686. The standard InChI is InChI=1S/C20H23N5O3/c1-24-12-22-16-11-15(23-19(21-8-10-26)18(16)20(24)28)13-4-6-14(7-5-13)25-9-2-3-17(25)27/h4-7,11-12,17,26-27H,2-3,8-10H2,1H3,(H,21,23). The summed E-state index contributed by atoms with van der Waals surface area (Å²) in [6.07, 6.45) is 2.83. The van der Waals surface area contributed by atoms with Crippen LogP contribution in [-0.2, 0) is 7.05 Å². The third kappa shape index (κ3) is 3.32. The predicted octanol–water partition coefficient (Wildman–Crippen LogP) is 1.32. The Labute approximate surface area is 162 Å². The molecule has 0 amide bonds. The SMILES string of the molecule is Cn1cnc2cc(-c3ccc(N4CCCC4O)cc3)nc(NCCO)c2c1=O. The Balaban J connectivity index is 1.76. The lowest BCUT2D eigenvalue weighted by Gasteiger charge is -2.22. The van der Waals surface area contributed by atoms with Crippen molar-refractivity contribution in [2.45, 2.75) is 19.1 Å². The second-order valence-electron chi connectivity index (χ2n) is 6.92. The first kappa shape index (κ1) is 18.4. The minimum Gasteiger partial charge on any atom is -0.395 e. The first-order valence-electron chi connectivity index (χ1n) is 9.35. The maximum atomic E-state index is 12.5. The van der Waals surface area contributed by atoms with Gasteiger partial charge < -0.3 is 25.0 Å². The highest BCUT2D eigenvalue weighted by Crippen LogP contribution is 2.29. The van der Waals surface area contributed by atoms with Crippen LogP contribution >= 0.6 is 0 Å². The van der Waals surface area contributed by atoms with Crippen molar-refractivity contribution < 1.29 is 10.2 Å². The van der Waals surface area contributed by atoms with Crippen LogP contribution in [0.4, 0.5) is 11.5 Å². The van der Waals surface area contributed by atoms with E-state index in [1.165, 1.54) is 10.9 Å². The molecule has 3 heterocycles. The number of benzene rings is 1.